The third-order valence-electron chi connectivity index (χ3n) is 4.90. The highest BCUT2D eigenvalue weighted by Gasteiger charge is 2.27. The van der Waals surface area contributed by atoms with Gasteiger partial charge in [0, 0.05) is 0 Å². The van der Waals surface area contributed by atoms with E-state index in [1.54, 1.807) is 6.92 Å². The first-order valence-electron chi connectivity index (χ1n) is 9.14. The average Bonchev–Trinajstić information content (AvgIpc) is 2.69. The lowest BCUT2D eigenvalue weighted by atomic mass is 9.79. The zero-order valence-electron chi connectivity index (χ0n) is 15.5. The molecule has 26 heavy (non-hydrogen) atoms. The number of nitrogens with zero attached hydrogens (tertiary/aromatic N) is 2. The van der Waals surface area contributed by atoms with Crippen LogP contribution in [0.25, 0.3) is 0 Å². The first kappa shape index (κ1) is 19.5. The van der Waals surface area contributed by atoms with Crippen molar-refractivity contribution in [3.63, 3.8) is 0 Å². The van der Waals surface area contributed by atoms with Crippen LogP contribution in [0.1, 0.15) is 37.3 Å². The Balaban J connectivity index is 2.05. The summed E-state index contributed by atoms with van der Waals surface area (Å²) in [4.78, 5) is 0. The van der Waals surface area contributed by atoms with Gasteiger partial charge in [-0.05, 0) is 56.1 Å². The van der Waals surface area contributed by atoms with Crippen LogP contribution in [0.5, 0.6) is 0 Å². The van der Waals surface area contributed by atoms with E-state index >= 15 is 0 Å². The summed E-state index contributed by atoms with van der Waals surface area (Å²) in [7, 11) is 0. The van der Waals surface area contributed by atoms with E-state index in [-0.39, 0.29) is 0 Å². The minimum atomic E-state index is -0.991. The van der Waals surface area contributed by atoms with Gasteiger partial charge in [0.05, 0.1) is 12.1 Å². The van der Waals surface area contributed by atoms with E-state index in [4.69, 9.17) is 0 Å². The standard InChI is InChI=1S/C24H26N2/c1-20(17-24(2,18-25)19-26)23(15-13-21-9-5-3-6-10-21)16-14-22-11-7-4-8-12-22/h3-12,23H,1,13-17H2,2H3. The molecule has 0 fully saturated rings. The van der Waals surface area contributed by atoms with Crippen molar-refractivity contribution in [2.24, 2.45) is 11.3 Å². The molecule has 0 atom stereocenters. The van der Waals surface area contributed by atoms with Gasteiger partial charge in [-0.15, -0.1) is 0 Å². The molecule has 0 saturated carbocycles. The number of aryl methyl sites for hydroxylation is 2. The molecule has 0 aliphatic carbocycles. The van der Waals surface area contributed by atoms with Crippen molar-refractivity contribution in [1.29, 1.82) is 10.5 Å². The second-order valence-corrected chi connectivity index (χ2v) is 7.14. The van der Waals surface area contributed by atoms with E-state index in [0.29, 0.717) is 12.3 Å². The lowest BCUT2D eigenvalue weighted by Gasteiger charge is -2.23. The van der Waals surface area contributed by atoms with Crippen LogP contribution in [-0.2, 0) is 12.8 Å². The molecule has 2 heteroatoms. The van der Waals surface area contributed by atoms with Crippen LogP contribution in [0.15, 0.2) is 72.8 Å². The maximum absolute atomic E-state index is 9.32. The largest absolute Gasteiger partial charge is 0.197 e. The Morgan fingerprint density at radius 1 is 0.885 bits per heavy atom. The van der Waals surface area contributed by atoms with Crippen LogP contribution in [-0.4, -0.2) is 0 Å². The summed E-state index contributed by atoms with van der Waals surface area (Å²) in [6, 6.07) is 25.2. The summed E-state index contributed by atoms with van der Waals surface area (Å²) >= 11 is 0. The summed E-state index contributed by atoms with van der Waals surface area (Å²) in [5.41, 5.74) is 2.65. The first-order valence-corrected chi connectivity index (χ1v) is 9.14. The SMILES string of the molecule is C=C(CC(C)(C#N)C#N)C(CCc1ccccc1)CCc1ccccc1. The lowest BCUT2D eigenvalue weighted by Crippen LogP contribution is -2.16. The molecular weight excluding hydrogens is 316 g/mol. The fourth-order valence-corrected chi connectivity index (χ4v) is 3.23. The summed E-state index contributed by atoms with van der Waals surface area (Å²) in [6.45, 7) is 5.96. The molecule has 2 aromatic carbocycles. The maximum atomic E-state index is 9.32. The molecule has 0 aliphatic heterocycles. The van der Waals surface area contributed by atoms with E-state index < -0.39 is 5.41 Å². The average molecular weight is 342 g/mol. The molecule has 0 bridgehead atoms. The Morgan fingerprint density at radius 2 is 1.31 bits per heavy atom. The van der Waals surface area contributed by atoms with Gasteiger partial charge in [-0.2, -0.15) is 10.5 Å². The molecule has 0 unspecified atom stereocenters. The number of hydrogen-bond acceptors (Lipinski definition) is 2. The van der Waals surface area contributed by atoms with E-state index in [1.807, 2.05) is 12.1 Å². The molecular formula is C24H26N2. The van der Waals surface area contributed by atoms with Crippen LogP contribution in [0.4, 0.5) is 0 Å². The van der Waals surface area contributed by atoms with Crippen LogP contribution in [0.2, 0.25) is 0 Å². The van der Waals surface area contributed by atoms with Crippen molar-refractivity contribution >= 4 is 0 Å². The van der Waals surface area contributed by atoms with Crippen LogP contribution >= 0.6 is 0 Å². The van der Waals surface area contributed by atoms with Crippen LogP contribution in [0, 0.1) is 34.0 Å². The Labute approximate surface area is 157 Å². The van der Waals surface area contributed by atoms with Gasteiger partial charge in [0.15, 0.2) is 0 Å². The minimum Gasteiger partial charge on any atom is -0.197 e. The lowest BCUT2D eigenvalue weighted by molar-refractivity contribution is 0.461. The second-order valence-electron chi connectivity index (χ2n) is 7.14. The first-order chi connectivity index (χ1) is 12.6. The van der Waals surface area contributed by atoms with Crippen molar-refractivity contribution in [3.8, 4) is 12.1 Å². The summed E-state index contributed by atoms with van der Waals surface area (Å²) in [6.07, 6.45) is 4.38. The van der Waals surface area contributed by atoms with Gasteiger partial charge in [0.1, 0.15) is 5.41 Å². The van der Waals surface area contributed by atoms with Gasteiger partial charge in [-0.3, -0.25) is 0 Å². The van der Waals surface area contributed by atoms with Gasteiger partial charge in [-0.1, -0.05) is 72.8 Å². The number of benzene rings is 2. The quantitative estimate of drug-likeness (QED) is 0.535. The highest BCUT2D eigenvalue weighted by atomic mass is 14.4. The van der Waals surface area contributed by atoms with E-state index in [0.717, 1.165) is 31.3 Å². The van der Waals surface area contributed by atoms with E-state index in [1.165, 1.54) is 11.1 Å². The third kappa shape index (κ3) is 5.91. The topological polar surface area (TPSA) is 47.6 Å². The monoisotopic (exact) mass is 342 g/mol. The smallest absolute Gasteiger partial charge is 0.144 e. The zero-order valence-corrected chi connectivity index (χ0v) is 15.5. The van der Waals surface area contributed by atoms with Crippen molar-refractivity contribution in [2.75, 3.05) is 0 Å². The summed E-state index contributed by atoms with van der Waals surface area (Å²) in [5.74, 6) is 0.302. The molecule has 2 rings (SSSR count). The molecule has 0 aromatic heterocycles. The van der Waals surface area contributed by atoms with Gasteiger partial charge >= 0.3 is 0 Å². The Bertz CT molecular complexity index is 721. The van der Waals surface area contributed by atoms with Gasteiger partial charge < -0.3 is 0 Å². The second kappa shape index (κ2) is 9.59. The molecule has 2 aromatic rings. The van der Waals surface area contributed by atoms with E-state index in [9.17, 15) is 10.5 Å². The number of hydrogen-bond donors (Lipinski definition) is 0. The Morgan fingerprint density at radius 3 is 1.69 bits per heavy atom. The van der Waals surface area contributed by atoms with Crippen molar-refractivity contribution < 1.29 is 0 Å². The molecule has 0 N–H and O–H groups in total. The molecule has 132 valence electrons. The van der Waals surface area contributed by atoms with Gasteiger partial charge in [0.2, 0.25) is 0 Å². The Kier molecular flexibility index (Phi) is 7.19. The molecule has 0 spiro atoms. The predicted octanol–water partition coefficient (Wildman–Crippen LogP) is 5.87. The fraction of sp³-hybridized carbons (Fsp3) is 0.333. The minimum absolute atomic E-state index is 0.302. The molecule has 0 saturated heterocycles. The molecule has 0 aliphatic rings. The van der Waals surface area contributed by atoms with E-state index in [2.05, 4.69) is 67.2 Å². The predicted molar refractivity (Wildman–Crippen MR) is 106 cm³/mol. The molecule has 0 radical (unpaired) electrons. The van der Waals surface area contributed by atoms with Crippen molar-refractivity contribution in [2.45, 2.75) is 39.0 Å². The molecule has 0 heterocycles. The van der Waals surface area contributed by atoms with Crippen LogP contribution < -0.4 is 0 Å². The number of allylic oxidation sites excluding steroid dienone is 1. The molecule has 0 amide bonds. The molecule has 2 nitrogen and oxygen atoms in total. The van der Waals surface area contributed by atoms with Crippen LogP contribution in [0.3, 0.4) is 0 Å². The fourth-order valence-electron chi connectivity index (χ4n) is 3.23. The number of nitriles is 2. The number of rotatable bonds is 9. The van der Waals surface area contributed by atoms with Crippen molar-refractivity contribution in [1.82, 2.24) is 0 Å². The highest BCUT2D eigenvalue weighted by Crippen LogP contribution is 2.32. The zero-order chi connectivity index (χ0) is 18.8. The Hall–Kier alpha value is -2.84. The normalized spacial score (nSPS) is 10.9. The maximum Gasteiger partial charge on any atom is 0.144 e. The third-order valence-corrected chi connectivity index (χ3v) is 4.90. The van der Waals surface area contributed by atoms with Crippen molar-refractivity contribution in [3.05, 3.63) is 83.9 Å². The highest BCUT2D eigenvalue weighted by molar-refractivity contribution is 5.21. The van der Waals surface area contributed by atoms with Gasteiger partial charge in [-0.25, -0.2) is 0 Å². The summed E-state index contributed by atoms with van der Waals surface area (Å²) < 4.78 is 0. The summed E-state index contributed by atoms with van der Waals surface area (Å²) in [5, 5.41) is 18.6. The van der Waals surface area contributed by atoms with Gasteiger partial charge in [0.25, 0.3) is 0 Å².